The molecule has 0 amide bonds. The zero-order valence-corrected chi connectivity index (χ0v) is 13.0. The lowest BCUT2D eigenvalue weighted by molar-refractivity contribution is 0.0572. The van der Waals surface area contributed by atoms with Gasteiger partial charge in [0.15, 0.2) is 0 Å². The summed E-state index contributed by atoms with van der Waals surface area (Å²) in [6.07, 6.45) is 5.57. The van der Waals surface area contributed by atoms with E-state index in [2.05, 4.69) is 48.3 Å². The number of rotatable bonds is 3. The summed E-state index contributed by atoms with van der Waals surface area (Å²) >= 11 is 0. The fourth-order valence-electron chi connectivity index (χ4n) is 3.89. The van der Waals surface area contributed by atoms with Crippen LogP contribution >= 0.6 is 0 Å². The summed E-state index contributed by atoms with van der Waals surface area (Å²) in [5.41, 5.74) is 3.38. The third-order valence-corrected chi connectivity index (χ3v) is 5.24. The van der Waals surface area contributed by atoms with E-state index in [-0.39, 0.29) is 0 Å². The topological polar surface area (TPSA) is 15.3 Å². The summed E-state index contributed by atoms with van der Waals surface area (Å²) in [5, 5.41) is 3.62. The SMILES string of the molecule is CC(C)c1ccc(CN2CCNCC23CCCC3)cc1. The van der Waals surface area contributed by atoms with Gasteiger partial charge in [-0.3, -0.25) is 4.90 Å². The van der Waals surface area contributed by atoms with Crippen LogP contribution in [0.3, 0.4) is 0 Å². The van der Waals surface area contributed by atoms with Gasteiger partial charge in [0.05, 0.1) is 0 Å². The lowest BCUT2D eigenvalue weighted by Crippen LogP contribution is -2.59. The molecule has 0 atom stereocenters. The fraction of sp³-hybridized carbons (Fsp3) is 0.667. The van der Waals surface area contributed by atoms with E-state index in [0.717, 1.165) is 13.1 Å². The molecule has 3 rings (SSSR count). The van der Waals surface area contributed by atoms with E-state index in [9.17, 15) is 0 Å². The van der Waals surface area contributed by atoms with E-state index in [1.165, 1.54) is 49.9 Å². The number of nitrogens with one attached hydrogen (secondary N) is 1. The predicted octanol–water partition coefficient (Wildman–Crippen LogP) is 3.53. The highest BCUT2D eigenvalue weighted by Gasteiger charge is 2.40. The Bertz CT molecular complexity index is 429. The summed E-state index contributed by atoms with van der Waals surface area (Å²) in [6, 6.07) is 9.28. The molecule has 2 fully saturated rings. The first kappa shape index (κ1) is 14.1. The molecule has 1 saturated carbocycles. The average molecular weight is 272 g/mol. The second-order valence-corrected chi connectivity index (χ2v) is 6.93. The van der Waals surface area contributed by atoms with Gasteiger partial charge in [-0.05, 0) is 29.9 Å². The normalized spacial score (nSPS) is 22.8. The maximum atomic E-state index is 3.62. The molecule has 1 N–H and O–H groups in total. The maximum Gasteiger partial charge on any atom is 0.0338 e. The number of benzene rings is 1. The molecule has 1 spiro atoms. The quantitative estimate of drug-likeness (QED) is 0.905. The van der Waals surface area contributed by atoms with Crippen molar-refractivity contribution >= 4 is 0 Å². The van der Waals surface area contributed by atoms with E-state index < -0.39 is 0 Å². The molecule has 1 aromatic carbocycles. The molecule has 1 saturated heterocycles. The molecular formula is C18H28N2. The molecule has 2 aliphatic rings. The van der Waals surface area contributed by atoms with E-state index in [0.29, 0.717) is 11.5 Å². The van der Waals surface area contributed by atoms with Crippen LogP contribution in [-0.4, -0.2) is 30.1 Å². The van der Waals surface area contributed by atoms with Crippen LogP contribution in [0.25, 0.3) is 0 Å². The number of nitrogens with zero attached hydrogens (tertiary/aromatic N) is 1. The first-order chi connectivity index (χ1) is 9.70. The minimum atomic E-state index is 0.453. The molecule has 1 aliphatic heterocycles. The molecule has 2 heteroatoms. The van der Waals surface area contributed by atoms with Crippen molar-refractivity contribution in [2.75, 3.05) is 19.6 Å². The van der Waals surface area contributed by atoms with Gasteiger partial charge in [0.1, 0.15) is 0 Å². The third kappa shape index (κ3) is 2.77. The van der Waals surface area contributed by atoms with E-state index in [4.69, 9.17) is 0 Å². The Morgan fingerprint density at radius 3 is 2.50 bits per heavy atom. The molecule has 1 aromatic rings. The van der Waals surface area contributed by atoms with Gasteiger partial charge in [0, 0.05) is 31.7 Å². The van der Waals surface area contributed by atoms with Gasteiger partial charge in [0.25, 0.3) is 0 Å². The smallest absolute Gasteiger partial charge is 0.0338 e. The monoisotopic (exact) mass is 272 g/mol. The van der Waals surface area contributed by atoms with Crippen LogP contribution < -0.4 is 5.32 Å². The summed E-state index contributed by atoms with van der Waals surface area (Å²) < 4.78 is 0. The second kappa shape index (κ2) is 5.87. The summed E-state index contributed by atoms with van der Waals surface area (Å²) in [5.74, 6) is 0.629. The first-order valence-electron chi connectivity index (χ1n) is 8.24. The van der Waals surface area contributed by atoms with Gasteiger partial charge in [-0.1, -0.05) is 51.0 Å². The Labute approximate surface area is 123 Å². The van der Waals surface area contributed by atoms with E-state index in [1.807, 2.05) is 0 Å². The van der Waals surface area contributed by atoms with Gasteiger partial charge < -0.3 is 5.32 Å². The summed E-state index contributed by atoms with van der Waals surface area (Å²) in [7, 11) is 0. The molecular weight excluding hydrogens is 244 g/mol. The van der Waals surface area contributed by atoms with E-state index >= 15 is 0 Å². The van der Waals surface area contributed by atoms with Crippen LogP contribution in [0.15, 0.2) is 24.3 Å². The lowest BCUT2D eigenvalue weighted by Gasteiger charge is -2.45. The van der Waals surface area contributed by atoms with Crippen molar-refractivity contribution in [3.8, 4) is 0 Å². The third-order valence-electron chi connectivity index (χ3n) is 5.24. The molecule has 110 valence electrons. The minimum Gasteiger partial charge on any atom is -0.314 e. The van der Waals surface area contributed by atoms with Gasteiger partial charge in [-0.2, -0.15) is 0 Å². The van der Waals surface area contributed by atoms with Crippen molar-refractivity contribution in [3.63, 3.8) is 0 Å². The highest BCUT2D eigenvalue weighted by molar-refractivity contribution is 5.25. The molecule has 1 aliphatic carbocycles. The number of hydrogen-bond donors (Lipinski definition) is 1. The summed E-state index contributed by atoms with van der Waals surface area (Å²) in [4.78, 5) is 2.75. The summed E-state index contributed by atoms with van der Waals surface area (Å²) in [6.45, 7) is 9.19. The maximum absolute atomic E-state index is 3.62. The molecule has 0 bridgehead atoms. The largest absolute Gasteiger partial charge is 0.314 e. The highest BCUT2D eigenvalue weighted by atomic mass is 15.3. The Morgan fingerprint density at radius 1 is 1.15 bits per heavy atom. The van der Waals surface area contributed by atoms with Gasteiger partial charge in [0.2, 0.25) is 0 Å². The van der Waals surface area contributed by atoms with Crippen LogP contribution in [0.5, 0.6) is 0 Å². The zero-order chi connectivity index (χ0) is 14.0. The molecule has 0 unspecified atom stereocenters. The Balaban J connectivity index is 1.72. The van der Waals surface area contributed by atoms with Gasteiger partial charge in [-0.15, -0.1) is 0 Å². The van der Waals surface area contributed by atoms with Crippen molar-refractivity contribution in [1.29, 1.82) is 0 Å². The molecule has 1 heterocycles. The molecule has 0 radical (unpaired) electrons. The molecule has 2 nitrogen and oxygen atoms in total. The van der Waals surface area contributed by atoms with Crippen molar-refractivity contribution in [3.05, 3.63) is 35.4 Å². The Kier molecular flexibility index (Phi) is 4.13. The minimum absolute atomic E-state index is 0.453. The van der Waals surface area contributed by atoms with Crippen LogP contribution in [0.1, 0.15) is 56.6 Å². The Hall–Kier alpha value is -0.860. The van der Waals surface area contributed by atoms with Crippen LogP contribution in [-0.2, 0) is 6.54 Å². The van der Waals surface area contributed by atoms with Crippen LogP contribution in [0.2, 0.25) is 0 Å². The van der Waals surface area contributed by atoms with Crippen molar-refractivity contribution in [2.24, 2.45) is 0 Å². The molecule has 0 aromatic heterocycles. The second-order valence-electron chi connectivity index (χ2n) is 6.93. The van der Waals surface area contributed by atoms with Gasteiger partial charge in [-0.25, -0.2) is 0 Å². The number of piperazine rings is 1. The lowest BCUT2D eigenvalue weighted by atomic mass is 9.92. The van der Waals surface area contributed by atoms with Crippen LogP contribution in [0, 0.1) is 0 Å². The highest BCUT2D eigenvalue weighted by Crippen LogP contribution is 2.37. The van der Waals surface area contributed by atoms with Crippen molar-refractivity contribution in [1.82, 2.24) is 10.2 Å². The predicted molar refractivity (Wildman–Crippen MR) is 85.0 cm³/mol. The zero-order valence-electron chi connectivity index (χ0n) is 13.0. The Morgan fingerprint density at radius 2 is 1.85 bits per heavy atom. The first-order valence-corrected chi connectivity index (χ1v) is 8.24. The van der Waals surface area contributed by atoms with Crippen molar-refractivity contribution < 1.29 is 0 Å². The van der Waals surface area contributed by atoms with E-state index in [1.54, 1.807) is 0 Å². The fourth-order valence-corrected chi connectivity index (χ4v) is 3.89. The average Bonchev–Trinajstić information content (AvgIpc) is 2.91. The number of hydrogen-bond acceptors (Lipinski definition) is 2. The van der Waals surface area contributed by atoms with Crippen LogP contribution in [0.4, 0.5) is 0 Å². The standard InChI is InChI=1S/C18H28N2/c1-15(2)17-7-5-16(6-8-17)13-20-12-11-19-14-18(20)9-3-4-10-18/h5-8,15,19H,3-4,9-14H2,1-2H3. The molecule has 20 heavy (non-hydrogen) atoms. The van der Waals surface area contributed by atoms with Crippen molar-refractivity contribution in [2.45, 2.75) is 57.5 Å². The van der Waals surface area contributed by atoms with Gasteiger partial charge >= 0.3 is 0 Å².